The minimum Gasteiger partial charge on any atom is -0.408 e. The maximum atomic E-state index is 13.1. The average Bonchev–Trinajstić information content (AvgIpc) is 3.01. The highest BCUT2D eigenvalue weighted by Gasteiger charge is 2.27. The number of aryl methyl sites for hydroxylation is 1. The van der Waals surface area contributed by atoms with E-state index in [0.717, 1.165) is 37.4 Å². The number of benzene rings is 2. The number of anilines is 1. The molecule has 2 heterocycles. The molecule has 0 saturated carbocycles. The van der Waals surface area contributed by atoms with Gasteiger partial charge in [-0.1, -0.05) is 6.07 Å². The minimum absolute atomic E-state index is 0.0803. The zero-order chi connectivity index (χ0) is 19.8. The highest BCUT2D eigenvalue weighted by atomic mass is 19.1. The van der Waals surface area contributed by atoms with E-state index in [-0.39, 0.29) is 11.9 Å². The maximum absolute atomic E-state index is 13.1. The summed E-state index contributed by atoms with van der Waals surface area (Å²) in [7, 11) is 1.66. The van der Waals surface area contributed by atoms with Gasteiger partial charge in [-0.15, -0.1) is 0 Å². The minimum atomic E-state index is -0.688. The van der Waals surface area contributed by atoms with Gasteiger partial charge < -0.3 is 14.4 Å². The molecule has 28 heavy (non-hydrogen) atoms. The van der Waals surface area contributed by atoms with E-state index in [1.165, 1.54) is 16.7 Å². The zero-order valence-corrected chi connectivity index (χ0v) is 16.0. The molecule has 1 aliphatic rings. The molecule has 0 radical (unpaired) electrons. The molecule has 1 fully saturated rings. The normalized spacial score (nSPS) is 17.8. The lowest BCUT2D eigenvalue weighted by Gasteiger charge is -2.40. The van der Waals surface area contributed by atoms with Gasteiger partial charge in [-0.05, 0) is 48.9 Å². The predicted molar refractivity (Wildman–Crippen MR) is 106 cm³/mol. The SMILES string of the molecule is C[C@@H]([C@H](O)c1ccc2c(c1)oc(=O)n2C)N1CCN(c2ccc(F)cc2)CC1. The molecule has 1 aliphatic heterocycles. The maximum Gasteiger partial charge on any atom is 0.419 e. The number of hydrogen-bond donors (Lipinski definition) is 1. The molecule has 0 spiro atoms. The van der Waals surface area contributed by atoms with Crippen molar-refractivity contribution in [2.24, 2.45) is 7.05 Å². The van der Waals surface area contributed by atoms with Crippen LogP contribution in [0.2, 0.25) is 0 Å². The summed E-state index contributed by atoms with van der Waals surface area (Å²) < 4.78 is 19.8. The molecular weight excluding hydrogens is 361 g/mol. The van der Waals surface area contributed by atoms with Gasteiger partial charge in [-0.2, -0.15) is 0 Å². The summed E-state index contributed by atoms with van der Waals surface area (Å²) in [6.45, 7) is 5.24. The Hall–Kier alpha value is -2.64. The van der Waals surface area contributed by atoms with Crippen LogP contribution in [0.4, 0.5) is 10.1 Å². The van der Waals surface area contributed by atoms with Gasteiger partial charge in [0.2, 0.25) is 0 Å². The van der Waals surface area contributed by atoms with E-state index in [9.17, 15) is 14.3 Å². The number of nitrogens with zero attached hydrogens (tertiary/aromatic N) is 3. The van der Waals surface area contributed by atoms with Crippen LogP contribution in [0.25, 0.3) is 11.1 Å². The lowest BCUT2D eigenvalue weighted by molar-refractivity contribution is 0.0546. The van der Waals surface area contributed by atoms with E-state index in [2.05, 4.69) is 9.80 Å². The van der Waals surface area contributed by atoms with Crippen molar-refractivity contribution in [2.75, 3.05) is 31.1 Å². The molecule has 6 nitrogen and oxygen atoms in total. The summed E-state index contributed by atoms with van der Waals surface area (Å²) >= 11 is 0. The van der Waals surface area contributed by atoms with Gasteiger partial charge in [0.25, 0.3) is 0 Å². The number of oxazole rings is 1. The van der Waals surface area contributed by atoms with Crippen LogP contribution < -0.4 is 10.7 Å². The third kappa shape index (κ3) is 3.43. The van der Waals surface area contributed by atoms with E-state index >= 15 is 0 Å². The van der Waals surface area contributed by atoms with Crippen LogP contribution in [0.3, 0.4) is 0 Å². The van der Waals surface area contributed by atoms with Gasteiger partial charge in [-0.25, -0.2) is 9.18 Å². The molecule has 0 amide bonds. The molecule has 7 heteroatoms. The smallest absolute Gasteiger partial charge is 0.408 e. The van der Waals surface area contributed by atoms with E-state index in [4.69, 9.17) is 4.42 Å². The molecule has 0 bridgehead atoms. The monoisotopic (exact) mass is 385 g/mol. The molecule has 0 aliphatic carbocycles. The van der Waals surface area contributed by atoms with Crippen LogP contribution >= 0.6 is 0 Å². The van der Waals surface area contributed by atoms with E-state index in [1.807, 2.05) is 13.0 Å². The summed E-state index contributed by atoms with van der Waals surface area (Å²) in [5.74, 6) is -0.642. The molecule has 0 unspecified atom stereocenters. The Labute approximate surface area is 162 Å². The molecular formula is C21H24FN3O3. The lowest BCUT2D eigenvalue weighted by Crippen LogP contribution is -2.51. The standard InChI is InChI=1S/C21H24FN3O3/c1-14(20(26)15-3-8-18-19(13-15)28-21(27)23(18)2)24-9-11-25(12-10-24)17-6-4-16(22)5-7-17/h3-8,13-14,20,26H,9-12H2,1-2H3/t14-,20-/m0/s1. The number of halogens is 1. The first-order valence-electron chi connectivity index (χ1n) is 9.46. The van der Waals surface area contributed by atoms with Crippen molar-refractivity contribution < 1.29 is 13.9 Å². The molecule has 3 aromatic rings. The third-order valence-corrected chi connectivity index (χ3v) is 5.70. The molecule has 1 saturated heterocycles. The first-order valence-corrected chi connectivity index (χ1v) is 9.46. The Kier molecular flexibility index (Phi) is 4.95. The fourth-order valence-corrected chi connectivity index (χ4v) is 3.85. The summed E-state index contributed by atoms with van der Waals surface area (Å²) in [5.41, 5.74) is 2.94. The van der Waals surface area contributed by atoms with Crippen molar-refractivity contribution in [3.8, 4) is 0 Å². The number of aromatic nitrogens is 1. The highest BCUT2D eigenvalue weighted by Crippen LogP contribution is 2.26. The number of fused-ring (bicyclic) bond motifs is 1. The second kappa shape index (κ2) is 7.41. The lowest BCUT2D eigenvalue weighted by atomic mass is 10.0. The van der Waals surface area contributed by atoms with E-state index in [0.29, 0.717) is 11.1 Å². The van der Waals surface area contributed by atoms with Crippen molar-refractivity contribution >= 4 is 16.8 Å². The van der Waals surface area contributed by atoms with Gasteiger partial charge in [0.1, 0.15) is 5.82 Å². The van der Waals surface area contributed by atoms with Gasteiger partial charge in [-0.3, -0.25) is 9.47 Å². The van der Waals surface area contributed by atoms with E-state index < -0.39 is 11.9 Å². The quantitative estimate of drug-likeness (QED) is 0.748. The van der Waals surface area contributed by atoms with Gasteiger partial charge >= 0.3 is 5.76 Å². The number of piperazine rings is 1. The predicted octanol–water partition coefficient (Wildman–Crippen LogP) is 2.51. The van der Waals surface area contributed by atoms with Crippen LogP contribution in [0.15, 0.2) is 51.7 Å². The average molecular weight is 385 g/mol. The summed E-state index contributed by atoms with van der Waals surface area (Å²) in [4.78, 5) is 16.1. The first-order chi connectivity index (χ1) is 13.4. The Morgan fingerprint density at radius 2 is 1.75 bits per heavy atom. The second-order valence-corrected chi connectivity index (χ2v) is 7.34. The van der Waals surface area contributed by atoms with Gasteiger partial charge in [0, 0.05) is 45.0 Å². The largest absolute Gasteiger partial charge is 0.419 e. The first kappa shape index (κ1) is 18.7. The van der Waals surface area contributed by atoms with Crippen LogP contribution in [-0.4, -0.2) is 46.8 Å². The Morgan fingerprint density at radius 3 is 2.43 bits per heavy atom. The number of aliphatic hydroxyl groups excluding tert-OH is 1. The zero-order valence-electron chi connectivity index (χ0n) is 16.0. The molecule has 1 N–H and O–H groups in total. The number of aliphatic hydroxyl groups is 1. The molecule has 2 aromatic carbocycles. The van der Waals surface area contributed by atoms with Crippen molar-refractivity contribution in [2.45, 2.75) is 19.1 Å². The third-order valence-electron chi connectivity index (χ3n) is 5.70. The van der Waals surface area contributed by atoms with Crippen LogP contribution in [0, 0.1) is 5.82 Å². The number of rotatable bonds is 4. The van der Waals surface area contributed by atoms with Gasteiger partial charge in [0.15, 0.2) is 5.58 Å². The summed E-state index contributed by atoms with van der Waals surface area (Å²) in [6, 6.07) is 11.9. The fraction of sp³-hybridized carbons (Fsp3) is 0.381. The van der Waals surface area contributed by atoms with Crippen LogP contribution in [0.5, 0.6) is 0 Å². The van der Waals surface area contributed by atoms with Crippen LogP contribution in [0.1, 0.15) is 18.6 Å². The molecule has 2 atom stereocenters. The Bertz CT molecular complexity index is 1020. The molecule has 4 rings (SSSR count). The Morgan fingerprint density at radius 1 is 1.07 bits per heavy atom. The van der Waals surface area contributed by atoms with Crippen molar-refractivity contribution in [1.82, 2.24) is 9.47 Å². The molecule has 1 aromatic heterocycles. The number of hydrogen-bond acceptors (Lipinski definition) is 5. The second-order valence-electron chi connectivity index (χ2n) is 7.34. The summed E-state index contributed by atoms with van der Waals surface area (Å²) in [6.07, 6.45) is -0.688. The molecule has 148 valence electrons. The van der Waals surface area contributed by atoms with Crippen molar-refractivity contribution in [3.05, 3.63) is 64.4 Å². The van der Waals surface area contributed by atoms with E-state index in [1.54, 1.807) is 31.3 Å². The highest BCUT2D eigenvalue weighted by molar-refractivity contribution is 5.73. The van der Waals surface area contributed by atoms with Gasteiger partial charge in [0.05, 0.1) is 11.6 Å². The van der Waals surface area contributed by atoms with Crippen molar-refractivity contribution in [3.63, 3.8) is 0 Å². The summed E-state index contributed by atoms with van der Waals surface area (Å²) in [5, 5.41) is 10.9. The fourth-order valence-electron chi connectivity index (χ4n) is 3.85. The van der Waals surface area contributed by atoms with Crippen molar-refractivity contribution in [1.29, 1.82) is 0 Å². The Balaban J connectivity index is 1.44. The van der Waals surface area contributed by atoms with Crippen LogP contribution in [-0.2, 0) is 7.05 Å². The topological polar surface area (TPSA) is 61.9 Å².